The number of nitrogens with one attached hydrogen (secondary N) is 3. The fraction of sp³-hybridized carbons (Fsp3) is 0.455. The average Bonchev–Trinajstić information content (AvgIpc) is 3.45. The Morgan fingerprint density at radius 1 is 1.18 bits per heavy atom. The summed E-state index contributed by atoms with van der Waals surface area (Å²) in [4.78, 5) is 38.1. The fourth-order valence-electron chi connectivity index (χ4n) is 4.03. The standard InChI is InChI=1S/C22H25F4N7O5/c23-16-5-14(32-11-15(38-22(32)36)9-28-21(35)20(25)26)6-17(24)19(16)31-2-1-29-33(4-3-31)18(34)10-27-7-13-8-30-37-12-13/h5-6,8,12,15,20,27,29H,1-4,7,9-11H2,(H,28,35). The lowest BCUT2D eigenvalue weighted by Gasteiger charge is -2.25. The van der Waals surface area contributed by atoms with Crippen LogP contribution in [-0.2, 0) is 20.9 Å². The van der Waals surface area contributed by atoms with Gasteiger partial charge in [-0.05, 0) is 0 Å². The van der Waals surface area contributed by atoms with Gasteiger partial charge in [-0.1, -0.05) is 5.16 Å². The molecule has 0 spiro atoms. The number of benzene rings is 1. The smallest absolute Gasteiger partial charge is 0.414 e. The van der Waals surface area contributed by atoms with Crippen LogP contribution in [0.25, 0.3) is 0 Å². The highest BCUT2D eigenvalue weighted by atomic mass is 19.3. The Morgan fingerprint density at radius 3 is 2.63 bits per heavy atom. The van der Waals surface area contributed by atoms with Crippen molar-refractivity contribution in [2.24, 2.45) is 0 Å². The van der Waals surface area contributed by atoms with E-state index in [9.17, 15) is 23.2 Å². The van der Waals surface area contributed by atoms with Crippen LogP contribution in [0.1, 0.15) is 5.56 Å². The van der Waals surface area contributed by atoms with Crippen LogP contribution in [0.3, 0.4) is 0 Å². The van der Waals surface area contributed by atoms with Crippen molar-refractivity contribution in [1.82, 2.24) is 26.2 Å². The molecule has 206 valence electrons. The van der Waals surface area contributed by atoms with Gasteiger partial charge in [0.05, 0.1) is 38.1 Å². The molecule has 2 saturated heterocycles. The van der Waals surface area contributed by atoms with Gasteiger partial charge in [0.1, 0.15) is 18.1 Å². The summed E-state index contributed by atoms with van der Waals surface area (Å²) in [5.41, 5.74) is 3.27. The van der Waals surface area contributed by atoms with Crippen LogP contribution in [0.4, 0.5) is 33.7 Å². The molecule has 2 fully saturated rings. The van der Waals surface area contributed by atoms with E-state index in [-0.39, 0.29) is 63.1 Å². The van der Waals surface area contributed by atoms with Gasteiger partial charge in [0, 0.05) is 43.9 Å². The van der Waals surface area contributed by atoms with Crippen LogP contribution in [-0.4, -0.2) is 86.4 Å². The van der Waals surface area contributed by atoms with Gasteiger partial charge < -0.3 is 24.8 Å². The Kier molecular flexibility index (Phi) is 8.62. The lowest BCUT2D eigenvalue weighted by Crippen LogP contribution is -2.47. The number of rotatable bonds is 9. The molecule has 3 heterocycles. The lowest BCUT2D eigenvalue weighted by molar-refractivity contribution is -0.133. The number of hydrogen-bond acceptors (Lipinski definition) is 9. The van der Waals surface area contributed by atoms with Crippen LogP contribution in [0, 0.1) is 11.6 Å². The van der Waals surface area contributed by atoms with Crippen molar-refractivity contribution in [3.8, 4) is 0 Å². The molecule has 2 aliphatic heterocycles. The molecule has 1 aromatic carbocycles. The first kappa shape index (κ1) is 27.1. The minimum Gasteiger partial charge on any atom is -0.442 e. The van der Waals surface area contributed by atoms with Gasteiger partial charge in [-0.2, -0.15) is 8.78 Å². The predicted molar refractivity (Wildman–Crippen MR) is 123 cm³/mol. The Balaban J connectivity index is 1.34. The molecule has 2 aromatic rings. The molecular formula is C22H25F4N7O5. The first-order valence-electron chi connectivity index (χ1n) is 11.6. The molecule has 38 heavy (non-hydrogen) atoms. The zero-order valence-corrected chi connectivity index (χ0v) is 20.0. The molecule has 12 nitrogen and oxygen atoms in total. The topological polar surface area (TPSA) is 132 Å². The minimum atomic E-state index is -3.22. The van der Waals surface area contributed by atoms with E-state index in [1.54, 1.807) is 0 Å². The summed E-state index contributed by atoms with van der Waals surface area (Å²) in [6.45, 7) is 0.554. The van der Waals surface area contributed by atoms with Crippen LogP contribution in [0.5, 0.6) is 0 Å². The Morgan fingerprint density at radius 2 is 1.95 bits per heavy atom. The van der Waals surface area contributed by atoms with Gasteiger partial charge in [-0.3, -0.25) is 19.5 Å². The Hall–Kier alpha value is -3.92. The number of hydrazine groups is 1. The van der Waals surface area contributed by atoms with E-state index in [1.807, 2.05) is 5.32 Å². The van der Waals surface area contributed by atoms with Crippen molar-refractivity contribution in [2.75, 3.05) is 55.6 Å². The number of cyclic esters (lactones) is 1. The van der Waals surface area contributed by atoms with Crippen molar-refractivity contribution < 1.29 is 41.2 Å². The first-order chi connectivity index (χ1) is 18.2. The van der Waals surface area contributed by atoms with Crippen LogP contribution in [0.15, 0.2) is 29.1 Å². The maximum atomic E-state index is 15.1. The number of carbonyl (C=O) groups excluding carboxylic acids is 3. The number of carbonyl (C=O) groups is 3. The van der Waals surface area contributed by atoms with Gasteiger partial charge in [0.25, 0.3) is 11.8 Å². The number of nitrogens with zero attached hydrogens (tertiary/aromatic N) is 4. The van der Waals surface area contributed by atoms with Crippen molar-refractivity contribution in [3.63, 3.8) is 0 Å². The first-order valence-corrected chi connectivity index (χ1v) is 11.6. The van der Waals surface area contributed by atoms with Gasteiger partial charge in [-0.25, -0.2) is 19.0 Å². The third kappa shape index (κ3) is 6.49. The summed E-state index contributed by atoms with van der Waals surface area (Å²) in [6, 6.07) is 1.94. The number of alkyl halides is 2. The summed E-state index contributed by atoms with van der Waals surface area (Å²) < 4.78 is 64.6. The highest BCUT2D eigenvalue weighted by molar-refractivity contribution is 5.90. The lowest BCUT2D eigenvalue weighted by atomic mass is 10.2. The van der Waals surface area contributed by atoms with Crippen LogP contribution in [0.2, 0.25) is 0 Å². The normalized spacial score (nSPS) is 18.1. The molecule has 4 rings (SSSR count). The van der Waals surface area contributed by atoms with Gasteiger partial charge in [0.15, 0.2) is 11.6 Å². The van der Waals surface area contributed by atoms with E-state index in [1.165, 1.54) is 22.4 Å². The molecule has 0 radical (unpaired) electrons. The third-order valence-corrected chi connectivity index (χ3v) is 5.87. The molecule has 0 aliphatic carbocycles. The number of amides is 3. The van der Waals surface area contributed by atoms with E-state index in [0.29, 0.717) is 6.54 Å². The van der Waals surface area contributed by atoms with Crippen LogP contribution < -0.4 is 25.9 Å². The zero-order valence-electron chi connectivity index (χ0n) is 20.0. The van der Waals surface area contributed by atoms with E-state index >= 15 is 8.78 Å². The van der Waals surface area contributed by atoms with Gasteiger partial charge in [0.2, 0.25) is 0 Å². The number of halogens is 4. The highest BCUT2D eigenvalue weighted by Gasteiger charge is 2.34. The third-order valence-electron chi connectivity index (χ3n) is 5.87. The van der Waals surface area contributed by atoms with Gasteiger partial charge in [-0.15, -0.1) is 0 Å². The molecule has 1 unspecified atom stereocenters. The Bertz CT molecular complexity index is 1130. The molecular weight excluding hydrogens is 518 g/mol. The molecule has 0 bridgehead atoms. The van der Waals surface area contributed by atoms with Crippen molar-refractivity contribution in [3.05, 3.63) is 41.8 Å². The minimum absolute atomic E-state index is 0.0222. The monoisotopic (exact) mass is 543 g/mol. The second kappa shape index (κ2) is 12.1. The van der Waals surface area contributed by atoms with Crippen molar-refractivity contribution in [1.29, 1.82) is 0 Å². The highest BCUT2D eigenvalue weighted by Crippen LogP contribution is 2.31. The zero-order chi connectivity index (χ0) is 27.2. The van der Waals surface area contributed by atoms with E-state index in [4.69, 9.17) is 9.26 Å². The quantitative estimate of drug-likeness (QED) is 0.389. The maximum absolute atomic E-state index is 15.1. The molecule has 3 N–H and O–H groups in total. The summed E-state index contributed by atoms with van der Waals surface area (Å²) in [6.07, 6.45) is -2.15. The predicted octanol–water partition coefficient (Wildman–Crippen LogP) is 0.602. The second-order valence-electron chi connectivity index (χ2n) is 8.50. The molecule has 1 atom stereocenters. The summed E-state index contributed by atoms with van der Waals surface area (Å²) in [5, 5.41) is 9.85. The summed E-state index contributed by atoms with van der Waals surface area (Å²) in [7, 11) is 0. The molecule has 16 heteroatoms. The number of anilines is 2. The molecule has 0 saturated carbocycles. The van der Waals surface area contributed by atoms with Crippen LogP contribution >= 0.6 is 0 Å². The average molecular weight is 543 g/mol. The second-order valence-corrected chi connectivity index (χ2v) is 8.50. The number of hydrogen-bond donors (Lipinski definition) is 3. The molecule has 2 aliphatic rings. The summed E-state index contributed by atoms with van der Waals surface area (Å²) in [5.74, 6) is -3.64. The Labute approximate surface area is 213 Å². The SMILES string of the molecule is O=C(NCC1CN(c2cc(F)c(N3CCNN(C(=O)CNCc4cnoc4)CC3)c(F)c2)C(=O)O1)C(F)F. The van der Waals surface area contributed by atoms with E-state index in [0.717, 1.165) is 22.6 Å². The largest absolute Gasteiger partial charge is 0.442 e. The number of ether oxygens (including phenoxy) is 1. The van der Waals surface area contributed by atoms with Crippen molar-refractivity contribution >= 4 is 29.3 Å². The maximum Gasteiger partial charge on any atom is 0.414 e. The molecule has 3 amide bonds. The summed E-state index contributed by atoms with van der Waals surface area (Å²) >= 11 is 0. The fourth-order valence-corrected chi connectivity index (χ4v) is 4.03. The van der Waals surface area contributed by atoms with E-state index in [2.05, 4.69) is 15.9 Å². The van der Waals surface area contributed by atoms with E-state index < -0.39 is 36.2 Å². The number of aromatic nitrogens is 1. The van der Waals surface area contributed by atoms with Crippen molar-refractivity contribution in [2.45, 2.75) is 19.1 Å². The molecule has 1 aromatic heterocycles. The van der Waals surface area contributed by atoms with Gasteiger partial charge >= 0.3 is 12.5 Å².